The minimum absolute atomic E-state index is 0.0108. The Balaban J connectivity index is 1.69. The van der Waals surface area contributed by atoms with Crippen LogP contribution in [0.4, 0.5) is 0 Å². The molecule has 2 saturated heterocycles. The van der Waals surface area contributed by atoms with Crippen LogP contribution in [0.3, 0.4) is 0 Å². The quantitative estimate of drug-likeness (QED) is 0.520. The van der Waals surface area contributed by atoms with Crippen molar-refractivity contribution in [3.05, 3.63) is 29.8 Å². The molecule has 0 amide bonds. The van der Waals surface area contributed by atoms with Gasteiger partial charge in [-0.3, -0.25) is 0 Å². The number of sulfone groups is 1. The molecular formula is C16H22N2O8S3. The number of hydrogen-bond donors (Lipinski definition) is 0. The van der Waals surface area contributed by atoms with Gasteiger partial charge in [0.15, 0.2) is 9.84 Å². The van der Waals surface area contributed by atoms with E-state index in [0.717, 1.165) is 0 Å². The van der Waals surface area contributed by atoms with Gasteiger partial charge < -0.3 is 4.74 Å². The second-order valence-electron chi connectivity index (χ2n) is 6.89. The minimum atomic E-state index is -3.85. The number of carbonyl (C=O) groups is 1. The third-order valence-corrected chi connectivity index (χ3v) is 11.3. The Bertz CT molecular complexity index is 1090. The van der Waals surface area contributed by atoms with Crippen molar-refractivity contribution in [2.75, 3.05) is 44.8 Å². The number of hydrogen-bond acceptors (Lipinski definition) is 8. The summed E-state index contributed by atoms with van der Waals surface area (Å²) in [5.74, 6) is -1.12. The van der Waals surface area contributed by atoms with Crippen LogP contribution in [0.25, 0.3) is 0 Å². The van der Waals surface area contributed by atoms with E-state index in [1.807, 2.05) is 0 Å². The Kier molecular flexibility index (Phi) is 6.07. The molecule has 162 valence electrons. The van der Waals surface area contributed by atoms with E-state index in [-0.39, 0.29) is 54.6 Å². The Labute approximate surface area is 170 Å². The molecule has 1 aromatic rings. The van der Waals surface area contributed by atoms with E-state index in [9.17, 15) is 30.0 Å². The van der Waals surface area contributed by atoms with Gasteiger partial charge in [0.25, 0.3) is 0 Å². The van der Waals surface area contributed by atoms with Crippen LogP contribution in [0, 0.1) is 0 Å². The van der Waals surface area contributed by atoms with Gasteiger partial charge in [-0.1, -0.05) is 0 Å². The lowest BCUT2D eigenvalue weighted by atomic mass is 10.2. The molecule has 1 aromatic carbocycles. The van der Waals surface area contributed by atoms with E-state index in [4.69, 9.17) is 0 Å². The molecule has 0 radical (unpaired) electrons. The SMILES string of the molecule is COC(=O)c1ccc(S(=O)(=O)N2CCN(S(=O)(=O)C3CCS(=O)(=O)C3)CC2)cc1. The van der Waals surface area contributed by atoms with Crippen molar-refractivity contribution < 1.29 is 34.8 Å². The zero-order chi connectivity index (χ0) is 21.4. The first-order valence-corrected chi connectivity index (χ1v) is 13.6. The Hall–Kier alpha value is -1.54. The fourth-order valence-corrected chi connectivity index (χ4v) is 9.34. The molecule has 13 heteroatoms. The molecule has 29 heavy (non-hydrogen) atoms. The van der Waals surface area contributed by atoms with E-state index < -0.39 is 41.1 Å². The van der Waals surface area contributed by atoms with Crippen molar-refractivity contribution in [1.29, 1.82) is 0 Å². The van der Waals surface area contributed by atoms with E-state index in [0.29, 0.717) is 0 Å². The molecule has 0 spiro atoms. The second kappa shape index (κ2) is 7.95. The largest absolute Gasteiger partial charge is 0.465 e. The lowest BCUT2D eigenvalue weighted by molar-refractivity contribution is 0.0600. The summed E-state index contributed by atoms with van der Waals surface area (Å²) in [7, 11) is -9.78. The van der Waals surface area contributed by atoms with Crippen molar-refractivity contribution in [2.24, 2.45) is 0 Å². The summed E-state index contributed by atoms with van der Waals surface area (Å²) < 4.78 is 81.1. The van der Waals surface area contributed by atoms with Gasteiger partial charge in [-0.05, 0) is 30.7 Å². The first kappa shape index (κ1) is 22.2. The molecule has 0 aliphatic carbocycles. The van der Waals surface area contributed by atoms with Crippen molar-refractivity contribution >= 4 is 35.9 Å². The topological polar surface area (TPSA) is 135 Å². The average molecular weight is 467 g/mol. The molecule has 2 fully saturated rings. The van der Waals surface area contributed by atoms with Crippen molar-refractivity contribution in [1.82, 2.24) is 8.61 Å². The van der Waals surface area contributed by atoms with Gasteiger partial charge in [-0.2, -0.15) is 8.61 Å². The second-order valence-corrected chi connectivity index (χ2v) is 13.3. The Morgan fingerprint density at radius 2 is 1.55 bits per heavy atom. The number of piperazine rings is 1. The van der Waals surface area contributed by atoms with Crippen LogP contribution >= 0.6 is 0 Å². The van der Waals surface area contributed by atoms with Gasteiger partial charge in [0.05, 0.1) is 34.3 Å². The van der Waals surface area contributed by atoms with Gasteiger partial charge in [0.1, 0.15) is 0 Å². The highest BCUT2D eigenvalue weighted by atomic mass is 32.2. The van der Waals surface area contributed by atoms with Crippen LogP contribution < -0.4 is 0 Å². The summed E-state index contributed by atoms with van der Waals surface area (Å²) in [6.45, 7) is -0.170. The molecule has 2 aliphatic heterocycles. The molecule has 1 unspecified atom stereocenters. The van der Waals surface area contributed by atoms with Gasteiger partial charge in [0.2, 0.25) is 20.0 Å². The van der Waals surface area contributed by atoms with Crippen molar-refractivity contribution in [3.8, 4) is 0 Å². The smallest absolute Gasteiger partial charge is 0.337 e. The number of nitrogens with zero attached hydrogens (tertiary/aromatic N) is 2. The zero-order valence-corrected chi connectivity index (χ0v) is 18.2. The van der Waals surface area contributed by atoms with Crippen LogP contribution in [0.15, 0.2) is 29.2 Å². The maximum absolute atomic E-state index is 12.8. The molecule has 10 nitrogen and oxygen atoms in total. The predicted molar refractivity (Wildman–Crippen MR) is 104 cm³/mol. The number of ether oxygens (including phenoxy) is 1. The van der Waals surface area contributed by atoms with Crippen LogP contribution in [-0.2, 0) is 34.6 Å². The van der Waals surface area contributed by atoms with Crippen LogP contribution in [-0.4, -0.2) is 89.9 Å². The molecular weight excluding hydrogens is 444 g/mol. The van der Waals surface area contributed by atoms with Crippen LogP contribution in [0.2, 0.25) is 0 Å². The van der Waals surface area contributed by atoms with Gasteiger partial charge in [-0.25, -0.2) is 30.0 Å². The highest BCUT2D eigenvalue weighted by Gasteiger charge is 2.42. The summed E-state index contributed by atoms with van der Waals surface area (Å²) in [5, 5.41) is -0.971. The zero-order valence-electron chi connectivity index (χ0n) is 15.7. The average Bonchev–Trinajstić information content (AvgIpc) is 3.08. The standard InChI is InChI=1S/C16H22N2O8S3/c1-26-16(19)13-2-4-14(5-3-13)28(22,23)17-7-9-18(10-8-17)29(24,25)15-6-11-27(20,21)12-15/h2-5,15H,6-12H2,1H3. The van der Waals surface area contributed by atoms with Crippen LogP contribution in [0.5, 0.6) is 0 Å². The van der Waals surface area contributed by atoms with Gasteiger partial charge >= 0.3 is 5.97 Å². The van der Waals surface area contributed by atoms with Crippen LogP contribution in [0.1, 0.15) is 16.8 Å². The van der Waals surface area contributed by atoms with E-state index in [2.05, 4.69) is 4.74 Å². The third kappa shape index (κ3) is 4.48. The summed E-state index contributed by atoms with van der Waals surface area (Å²) >= 11 is 0. The molecule has 1 atom stereocenters. The summed E-state index contributed by atoms with van der Waals surface area (Å²) in [6.07, 6.45) is 0.0652. The molecule has 0 saturated carbocycles. The lowest BCUT2D eigenvalue weighted by Crippen LogP contribution is -2.52. The molecule has 2 heterocycles. The number of benzene rings is 1. The molecule has 0 N–H and O–H groups in total. The monoisotopic (exact) mass is 466 g/mol. The van der Waals surface area contributed by atoms with Crippen molar-refractivity contribution in [3.63, 3.8) is 0 Å². The van der Waals surface area contributed by atoms with E-state index in [1.54, 1.807) is 0 Å². The van der Waals surface area contributed by atoms with Gasteiger partial charge in [-0.15, -0.1) is 0 Å². The highest BCUT2D eigenvalue weighted by Crippen LogP contribution is 2.25. The van der Waals surface area contributed by atoms with Crippen molar-refractivity contribution in [2.45, 2.75) is 16.6 Å². The van der Waals surface area contributed by atoms with Gasteiger partial charge in [0, 0.05) is 26.2 Å². The highest BCUT2D eigenvalue weighted by molar-refractivity contribution is 7.95. The fourth-order valence-electron chi connectivity index (χ4n) is 3.40. The maximum atomic E-state index is 12.8. The predicted octanol–water partition coefficient (Wildman–Crippen LogP) is -0.704. The number of sulfonamides is 2. The molecule has 3 rings (SSSR count). The minimum Gasteiger partial charge on any atom is -0.465 e. The molecule has 0 aromatic heterocycles. The lowest BCUT2D eigenvalue weighted by Gasteiger charge is -2.34. The summed E-state index contributed by atoms with van der Waals surface area (Å²) in [5.41, 5.74) is 0.217. The van der Waals surface area contributed by atoms with E-state index >= 15 is 0 Å². The first-order valence-electron chi connectivity index (χ1n) is 8.85. The normalized spacial score (nSPS) is 23.7. The number of methoxy groups -OCH3 is 1. The number of carbonyl (C=O) groups excluding carboxylic acids is 1. The molecule has 2 aliphatic rings. The fraction of sp³-hybridized carbons (Fsp3) is 0.562. The summed E-state index contributed by atoms with van der Waals surface area (Å²) in [6, 6.07) is 5.29. The summed E-state index contributed by atoms with van der Waals surface area (Å²) in [4.78, 5) is 11.5. The third-order valence-electron chi connectivity index (χ3n) is 5.08. The number of esters is 1. The Morgan fingerprint density at radius 1 is 1.00 bits per heavy atom. The molecule has 0 bridgehead atoms. The number of rotatable bonds is 5. The van der Waals surface area contributed by atoms with E-state index in [1.165, 1.54) is 40.0 Å². The first-order chi connectivity index (χ1) is 13.5. The Morgan fingerprint density at radius 3 is 2.03 bits per heavy atom. The maximum Gasteiger partial charge on any atom is 0.337 e.